The minimum absolute atomic E-state index is 0.0820. The summed E-state index contributed by atoms with van der Waals surface area (Å²) in [5.74, 6) is -0.908. The molecule has 0 radical (unpaired) electrons. The lowest BCUT2D eigenvalue weighted by molar-refractivity contribution is -0.167. The van der Waals surface area contributed by atoms with Gasteiger partial charge in [0.05, 0.1) is 0 Å². The van der Waals surface area contributed by atoms with Crippen LogP contribution in [0.3, 0.4) is 0 Å². The second-order valence-electron chi connectivity index (χ2n) is 16.0. The van der Waals surface area contributed by atoms with Gasteiger partial charge in [0.1, 0.15) is 13.2 Å². The van der Waals surface area contributed by atoms with Crippen molar-refractivity contribution < 1.29 is 28.6 Å². The van der Waals surface area contributed by atoms with Crippen molar-refractivity contribution in [2.75, 3.05) is 13.2 Å². The molecule has 0 aliphatic rings. The first-order valence-electron chi connectivity index (χ1n) is 24.1. The number of carbonyl (C=O) groups is 3. The van der Waals surface area contributed by atoms with Crippen molar-refractivity contribution in [1.29, 1.82) is 0 Å². The smallest absolute Gasteiger partial charge is 0.306 e. The number of ether oxygens (including phenoxy) is 3. The van der Waals surface area contributed by atoms with Crippen LogP contribution in [0.1, 0.15) is 239 Å². The van der Waals surface area contributed by atoms with E-state index in [-0.39, 0.29) is 31.1 Å². The zero-order valence-corrected chi connectivity index (χ0v) is 37.6. The third kappa shape index (κ3) is 44.3. The van der Waals surface area contributed by atoms with Crippen LogP contribution in [0.2, 0.25) is 0 Å². The van der Waals surface area contributed by atoms with Crippen LogP contribution in [0, 0.1) is 0 Å². The Morgan fingerprint density at radius 2 is 0.684 bits per heavy atom. The summed E-state index contributed by atoms with van der Waals surface area (Å²) < 4.78 is 16.7. The van der Waals surface area contributed by atoms with Crippen molar-refractivity contribution in [3.63, 3.8) is 0 Å². The van der Waals surface area contributed by atoms with Gasteiger partial charge in [-0.3, -0.25) is 14.4 Å². The average Bonchev–Trinajstić information content (AvgIpc) is 3.21. The molecule has 0 aliphatic carbocycles. The molecule has 0 saturated carbocycles. The molecular formula is C51H90O6. The molecule has 0 bridgehead atoms. The molecule has 0 N–H and O–H groups in total. The minimum Gasteiger partial charge on any atom is -0.462 e. The summed E-state index contributed by atoms with van der Waals surface area (Å²) in [5.41, 5.74) is 0. The minimum atomic E-state index is -0.782. The number of unbranched alkanes of at least 4 members (excludes halogenated alkanes) is 24. The molecule has 0 rings (SSSR count). The van der Waals surface area contributed by atoms with Gasteiger partial charge in [-0.15, -0.1) is 0 Å². The largest absolute Gasteiger partial charge is 0.462 e. The highest BCUT2D eigenvalue weighted by atomic mass is 16.6. The SMILES string of the molecule is CC/C=C\C/C=C\C/C=C\CCCCCCC(=O)OC(COC(=O)CCCCCCCCC/C=C\CCCCCC)COC(=O)CCCCCCCCCCCC. The molecule has 57 heavy (non-hydrogen) atoms. The molecule has 1 unspecified atom stereocenters. The predicted molar refractivity (Wildman–Crippen MR) is 242 cm³/mol. The number of hydrogen-bond acceptors (Lipinski definition) is 6. The monoisotopic (exact) mass is 799 g/mol. The van der Waals surface area contributed by atoms with Crippen LogP contribution in [-0.4, -0.2) is 37.2 Å². The molecule has 0 aliphatic heterocycles. The van der Waals surface area contributed by atoms with Gasteiger partial charge in [0.15, 0.2) is 6.10 Å². The summed E-state index contributed by atoms with van der Waals surface area (Å²) in [6, 6.07) is 0. The van der Waals surface area contributed by atoms with E-state index in [1.165, 1.54) is 109 Å². The Kier molecular flexibility index (Phi) is 43.9. The van der Waals surface area contributed by atoms with E-state index in [4.69, 9.17) is 14.2 Å². The third-order valence-corrected chi connectivity index (χ3v) is 10.3. The van der Waals surface area contributed by atoms with Gasteiger partial charge >= 0.3 is 17.9 Å². The fraction of sp³-hybridized carbons (Fsp3) is 0.784. The van der Waals surface area contributed by atoms with Crippen LogP contribution in [0.25, 0.3) is 0 Å². The highest BCUT2D eigenvalue weighted by Crippen LogP contribution is 2.14. The van der Waals surface area contributed by atoms with Crippen LogP contribution in [0.4, 0.5) is 0 Å². The second kappa shape index (κ2) is 46.1. The predicted octanol–water partition coefficient (Wildman–Crippen LogP) is 15.5. The molecule has 0 spiro atoms. The second-order valence-corrected chi connectivity index (χ2v) is 16.0. The van der Waals surface area contributed by atoms with E-state index in [0.717, 1.165) is 89.9 Å². The summed E-state index contributed by atoms with van der Waals surface area (Å²) in [4.78, 5) is 37.8. The van der Waals surface area contributed by atoms with Crippen molar-refractivity contribution in [2.24, 2.45) is 0 Å². The first-order valence-corrected chi connectivity index (χ1v) is 24.1. The Morgan fingerprint density at radius 1 is 0.368 bits per heavy atom. The first-order chi connectivity index (χ1) is 28.0. The van der Waals surface area contributed by atoms with Gasteiger partial charge in [-0.2, -0.15) is 0 Å². The lowest BCUT2D eigenvalue weighted by Gasteiger charge is -2.18. The Balaban J connectivity index is 4.39. The van der Waals surface area contributed by atoms with Gasteiger partial charge in [-0.1, -0.05) is 191 Å². The summed E-state index contributed by atoms with van der Waals surface area (Å²) in [6.45, 7) is 6.48. The molecule has 0 aromatic rings. The van der Waals surface area contributed by atoms with Crippen molar-refractivity contribution in [3.8, 4) is 0 Å². The van der Waals surface area contributed by atoms with E-state index in [2.05, 4.69) is 69.4 Å². The Bertz CT molecular complexity index is 1010. The lowest BCUT2D eigenvalue weighted by atomic mass is 10.1. The summed E-state index contributed by atoms with van der Waals surface area (Å²) in [6.07, 6.45) is 53.8. The number of carbonyl (C=O) groups excluding carboxylic acids is 3. The topological polar surface area (TPSA) is 78.9 Å². The number of rotatable bonds is 43. The Hall–Kier alpha value is -2.63. The van der Waals surface area contributed by atoms with E-state index in [9.17, 15) is 14.4 Å². The highest BCUT2D eigenvalue weighted by Gasteiger charge is 2.19. The zero-order chi connectivity index (χ0) is 41.5. The van der Waals surface area contributed by atoms with Crippen molar-refractivity contribution >= 4 is 17.9 Å². The van der Waals surface area contributed by atoms with E-state index in [1.54, 1.807) is 0 Å². The number of hydrogen-bond donors (Lipinski definition) is 0. The summed E-state index contributed by atoms with van der Waals surface area (Å²) >= 11 is 0. The molecule has 0 amide bonds. The van der Waals surface area contributed by atoms with E-state index in [0.29, 0.717) is 19.3 Å². The van der Waals surface area contributed by atoms with Gasteiger partial charge in [0.2, 0.25) is 0 Å². The Labute approximate surface area is 352 Å². The lowest BCUT2D eigenvalue weighted by Crippen LogP contribution is -2.30. The molecule has 0 heterocycles. The van der Waals surface area contributed by atoms with E-state index < -0.39 is 6.10 Å². The van der Waals surface area contributed by atoms with Crippen molar-refractivity contribution in [1.82, 2.24) is 0 Å². The highest BCUT2D eigenvalue weighted by molar-refractivity contribution is 5.71. The summed E-state index contributed by atoms with van der Waals surface area (Å²) in [7, 11) is 0. The standard InChI is InChI=1S/C51H90O6/c1-4-7-10-13-16-19-22-24-26-28-29-32-35-38-41-44-50(53)56-47-48(46-55-49(52)43-40-37-34-31-21-18-15-12-9-6-3)57-51(54)45-42-39-36-33-30-27-25-23-20-17-14-11-8-5-2/h8,11,17,19-20,22,25,27,48H,4-7,9-10,12-16,18,21,23-24,26,28-47H2,1-3H3/b11-8-,20-17-,22-19-,27-25-. The maximum Gasteiger partial charge on any atom is 0.306 e. The van der Waals surface area contributed by atoms with Crippen molar-refractivity contribution in [3.05, 3.63) is 48.6 Å². The quantitative estimate of drug-likeness (QED) is 0.0265. The molecule has 0 aromatic carbocycles. The van der Waals surface area contributed by atoms with Crippen LogP contribution in [0.15, 0.2) is 48.6 Å². The molecule has 0 aromatic heterocycles. The van der Waals surface area contributed by atoms with Gasteiger partial charge in [0, 0.05) is 19.3 Å². The summed E-state index contributed by atoms with van der Waals surface area (Å²) in [5, 5.41) is 0. The molecule has 330 valence electrons. The first kappa shape index (κ1) is 54.4. The average molecular weight is 799 g/mol. The van der Waals surface area contributed by atoms with Gasteiger partial charge in [0.25, 0.3) is 0 Å². The normalized spacial score (nSPS) is 12.4. The fourth-order valence-corrected chi connectivity index (χ4v) is 6.69. The number of allylic oxidation sites excluding steroid dienone is 8. The maximum atomic E-state index is 12.7. The van der Waals surface area contributed by atoms with E-state index >= 15 is 0 Å². The Morgan fingerprint density at radius 3 is 1.11 bits per heavy atom. The third-order valence-electron chi connectivity index (χ3n) is 10.3. The molecular weight excluding hydrogens is 709 g/mol. The van der Waals surface area contributed by atoms with Crippen LogP contribution in [0.5, 0.6) is 0 Å². The van der Waals surface area contributed by atoms with Gasteiger partial charge in [-0.25, -0.2) is 0 Å². The molecule has 6 heteroatoms. The van der Waals surface area contributed by atoms with Gasteiger partial charge in [-0.05, 0) is 77.0 Å². The molecule has 6 nitrogen and oxygen atoms in total. The zero-order valence-electron chi connectivity index (χ0n) is 37.6. The van der Waals surface area contributed by atoms with E-state index in [1.807, 2.05) is 0 Å². The van der Waals surface area contributed by atoms with Crippen LogP contribution in [-0.2, 0) is 28.6 Å². The van der Waals surface area contributed by atoms with Crippen LogP contribution < -0.4 is 0 Å². The number of esters is 3. The van der Waals surface area contributed by atoms with Gasteiger partial charge < -0.3 is 14.2 Å². The maximum absolute atomic E-state index is 12.7. The molecule has 0 fully saturated rings. The fourth-order valence-electron chi connectivity index (χ4n) is 6.69. The molecule has 1 atom stereocenters. The molecule has 0 saturated heterocycles. The van der Waals surface area contributed by atoms with Crippen molar-refractivity contribution in [2.45, 2.75) is 245 Å². The van der Waals surface area contributed by atoms with Crippen LogP contribution >= 0.6 is 0 Å².